The van der Waals surface area contributed by atoms with Gasteiger partial charge in [0.05, 0.1) is 18.8 Å². The second kappa shape index (κ2) is 4.19. The van der Waals surface area contributed by atoms with Gasteiger partial charge in [-0.25, -0.2) is 0 Å². The first-order valence-electron chi connectivity index (χ1n) is 4.34. The molecule has 4 heteroatoms. The summed E-state index contributed by atoms with van der Waals surface area (Å²) in [6, 6.07) is 0. The van der Waals surface area contributed by atoms with E-state index in [0.717, 1.165) is 5.57 Å². The zero-order chi connectivity index (χ0) is 10.0. The van der Waals surface area contributed by atoms with Crippen LogP contribution in [0.5, 0.6) is 0 Å². The van der Waals surface area contributed by atoms with Crippen molar-refractivity contribution < 1.29 is 20.1 Å². The standard InChI is InChI=1S/C9H16O4/c1-5(2)7-3-6(11)9(12)8(4-10)13-7/h6-12H,1,3-4H2,2H3/t6-,7-,8-,9-/m1/s1. The summed E-state index contributed by atoms with van der Waals surface area (Å²) in [6.07, 6.45) is -2.47. The van der Waals surface area contributed by atoms with Gasteiger partial charge in [-0.3, -0.25) is 0 Å². The van der Waals surface area contributed by atoms with Gasteiger partial charge in [0.1, 0.15) is 12.2 Å². The van der Waals surface area contributed by atoms with Crippen LogP contribution in [0.2, 0.25) is 0 Å². The van der Waals surface area contributed by atoms with Crippen molar-refractivity contribution in [3.05, 3.63) is 12.2 Å². The minimum absolute atomic E-state index is 0.268. The van der Waals surface area contributed by atoms with E-state index in [1.165, 1.54) is 0 Å². The molecule has 13 heavy (non-hydrogen) atoms. The minimum atomic E-state index is -0.999. The van der Waals surface area contributed by atoms with E-state index in [1.807, 2.05) is 0 Å². The van der Waals surface area contributed by atoms with Gasteiger partial charge in [0.2, 0.25) is 0 Å². The minimum Gasteiger partial charge on any atom is -0.394 e. The Morgan fingerprint density at radius 1 is 1.54 bits per heavy atom. The average Bonchev–Trinajstić information content (AvgIpc) is 2.09. The average molecular weight is 188 g/mol. The Morgan fingerprint density at radius 2 is 2.15 bits per heavy atom. The van der Waals surface area contributed by atoms with Crippen LogP contribution in [0.4, 0.5) is 0 Å². The van der Waals surface area contributed by atoms with E-state index >= 15 is 0 Å². The molecule has 0 aromatic heterocycles. The summed E-state index contributed by atoms with van der Waals surface area (Å²) < 4.78 is 5.32. The number of ether oxygens (including phenoxy) is 1. The largest absolute Gasteiger partial charge is 0.394 e. The Hall–Kier alpha value is -0.420. The first kappa shape index (κ1) is 10.7. The first-order valence-corrected chi connectivity index (χ1v) is 4.34. The first-order chi connectivity index (χ1) is 6.06. The van der Waals surface area contributed by atoms with E-state index in [1.54, 1.807) is 6.92 Å². The van der Waals surface area contributed by atoms with Gasteiger partial charge in [-0.05, 0) is 6.92 Å². The Morgan fingerprint density at radius 3 is 2.62 bits per heavy atom. The molecule has 4 nitrogen and oxygen atoms in total. The molecule has 3 N–H and O–H groups in total. The Balaban J connectivity index is 2.63. The van der Waals surface area contributed by atoms with Gasteiger partial charge >= 0.3 is 0 Å². The molecular weight excluding hydrogens is 172 g/mol. The van der Waals surface area contributed by atoms with E-state index < -0.39 is 18.3 Å². The molecule has 1 saturated heterocycles. The summed E-state index contributed by atoms with van der Waals surface area (Å²) in [5, 5.41) is 27.6. The van der Waals surface area contributed by atoms with Crippen molar-refractivity contribution in [2.24, 2.45) is 0 Å². The molecule has 4 atom stereocenters. The van der Waals surface area contributed by atoms with Crippen LogP contribution in [0.3, 0.4) is 0 Å². The Kier molecular flexibility index (Phi) is 3.44. The van der Waals surface area contributed by atoms with Gasteiger partial charge in [0.25, 0.3) is 0 Å². The van der Waals surface area contributed by atoms with E-state index in [-0.39, 0.29) is 12.7 Å². The molecule has 1 heterocycles. The lowest BCUT2D eigenvalue weighted by atomic mass is 9.95. The number of hydrogen-bond donors (Lipinski definition) is 3. The molecule has 76 valence electrons. The van der Waals surface area contributed by atoms with Crippen LogP contribution in [0.1, 0.15) is 13.3 Å². The molecule has 0 bridgehead atoms. The number of rotatable bonds is 2. The van der Waals surface area contributed by atoms with Crippen LogP contribution >= 0.6 is 0 Å². The maximum Gasteiger partial charge on any atom is 0.110 e. The van der Waals surface area contributed by atoms with E-state index in [4.69, 9.17) is 9.84 Å². The zero-order valence-corrected chi connectivity index (χ0v) is 7.68. The molecule has 0 aromatic carbocycles. The molecule has 1 aliphatic rings. The normalized spacial score (nSPS) is 40.3. The molecule has 0 spiro atoms. The van der Waals surface area contributed by atoms with E-state index in [0.29, 0.717) is 6.42 Å². The van der Waals surface area contributed by atoms with Crippen LogP contribution in [0.25, 0.3) is 0 Å². The van der Waals surface area contributed by atoms with Crippen molar-refractivity contribution in [1.82, 2.24) is 0 Å². The fraction of sp³-hybridized carbons (Fsp3) is 0.778. The quantitative estimate of drug-likeness (QED) is 0.508. The summed E-state index contributed by atoms with van der Waals surface area (Å²) in [7, 11) is 0. The van der Waals surface area contributed by atoms with Gasteiger partial charge in [0, 0.05) is 6.42 Å². The van der Waals surface area contributed by atoms with Crippen molar-refractivity contribution in [2.45, 2.75) is 37.8 Å². The van der Waals surface area contributed by atoms with Crippen molar-refractivity contribution in [3.8, 4) is 0 Å². The highest BCUT2D eigenvalue weighted by Crippen LogP contribution is 2.23. The Bertz CT molecular complexity index is 192. The van der Waals surface area contributed by atoms with Gasteiger partial charge in [0.15, 0.2) is 0 Å². The van der Waals surface area contributed by atoms with Crippen LogP contribution in [-0.2, 0) is 4.74 Å². The topological polar surface area (TPSA) is 69.9 Å². The molecule has 1 rings (SSSR count). The maximum absolute atomic E-state index is 9.42. The molecule has 0 unspecified atom stereocenters. The lowest BCUT2D eigenvalue weighted by Gasteiger charge is -2.36. The molecule has 0 saturated carbocycles. The summed E-state index contributed by atoms with van der Waals surface area (Å²) in [5.74, 6) is 0. The molecule has 1 fully saturated rings. The zero-order valence-electron chi connectivity index (χ0n) is 7.68. The van der Waals surface area contributed by atoms with Crippen molar-refractivity contribution in [1.29, 1.82) is 0 Å². The molecule has 0 radical (unpaired) electrons. The van der Waals surface area contributed by atoms with E-state index in [9.17, 15) is 10.2 Å². The second-order valence-electron chi connectivity index (χ2n) is 3.49. The second-order valence-corrected chi connectivity index (χ2v) is 3.49. The van der Waals surface area contributed by atoms with Crippen LogP contribution in [0.15, 0.2) is 12.2 Å². The molecule has 0 aliphatic carbocycles. The molecular formula is C9H16O4. The fourth-order valence-corrected chi connectivity index (χ4v) is 1.42. The Labute approximate surface area is 77.5 Å². The molecule has 0 amide bonds. The number of aliphatic hydroxyl groups is 3. The summed E-state index contributed by atoms with van der Waals surface area (Å²) in [6.45, 7) is 5.21. The molecule has 1 aliphatic heterocycles. The lowest BCUT2D eigenvalue weighted by Crippen LogP contribution is -2.50. The highest BCUT2D eigenvalue weighted by Gasteiger charge is 2.36. The highest BCUT2D eigenvalue weighted by atomic mass is 16.5. The third kappa shape index (κ3) is 2.28. The third-order valence-electron chi connectivity index (χ3n) is 2.30. The highest BCUT2D eigenvalue weighted by molar-refractivity contribution is 5.02. The van der Waals surface area contributed by atoms with Crippen molar-refractivity contribution in [2.75, 3.05) is 6.61 Å². The van der Waals surface area contributed by atoms with Crippen LogP contribution in [0, 0.1) is 0 Å². The monoisotopic (exact) mass is 188 g/mol. The summed E-state index contributed by atoms with van der Waals surface area (Å²) in [4.78, 5) is 0. The fourth-order valence-electron chi connectivity index (χ4n) is 1.42. The predicted octanol–water partition coefficient (Wildman–Crippen LogP) is -0.566. The third-order valence-corrected chi connectivity index (χ3v) is 2.30. The van der Waals surface area contributed by atoms with Crippen LogP contribution in [-0.4, -0.2) is 46.3 Å². The van der Waals surface area contributed by atoms with Gasteiger partial charge < -0.3 is 20.1 Å². The summed E-state index contributed by atoms with van der Waals surface area (Å²) in [5.41, 5.74) is 0.796. The molecule has 0 aromatic rings. The SMILES string of the molecule is C=C(C)[C@H]1C[C@@H](O)[C@@H](O)[C@@H](CO)O1. The smallest absolute Gasteiger partial charge is 0.110 e. The maximum atomic E-state index is 9.42. The lowest BCUT2D eigenvalue weighted by molar-refractivity contribution is -0.169. The van der Waals surface area contributed by atoms with Crippen molar-refractivity contribution in [3.63, 3.8) is 0 Å². The van der Waals surface area contributed by atoms with Gasteiger partial charge in [-0.15, -0.1) is 0 Å². The van der Waals surface area contributed by atoms with Gasteiger partial charge in [-0.1, -0.05) is 12.2 Å². The summed E-state index contributed by atoms with van der Waals surface area (Å²) >= 11 is 0. The van der Waals surface area contributed by atoms with Gasteiger partial charge in [-0.2, -0.15) is 0 Å². The predicted molar refractivity (Wildman–Crippen MR) is 47.2 cm³/mol. The van der Waals surface area contributed by atoms with Crippen LogP contribution < -0.4 is 0 Å². The van der Waals surface area contributed by atoms with Crippen molar-refractivity contribution >= 4 is 0 Å². The number of hydrogen-bond acceptors (Lipinski definition) is 4. The number of aliphatic hydroxyl groups excluding tert-OH is 3. The van der Waals surface area contributed by atoms with E-state index in [2.05, 4.69) is 6.58 Å².